The number of unbranched alkanes of at least 4 members (excludes halogenated alkanes) is 1. The molecular weight excluding hydrogens is 1030 g/mol. The van der Waals surface area contributed by atoms with E-state index in [0.717, 1.165) is 12.8 Å². The molecule has 1 aromatic rings. The molecule has 0 saturated carbocycles. The van der Waals surface area contributed by atoms with E-state index in [0.29, 0.717) is 52.4 Å². The van der Waals surface area contributed by atoms with E-state index in [1.165, 1.54) is 25.3 Å². The van der Waals surface area contributed by atoms with E-state index in [-0.39, 0.29) is 47.1 Å². The highest BCUT2D eigenvalue weighted by Gasteiger charge is 2.60. The average Bonchev–Trinajstić information content (AvgIpc) is 3.28. The van der Waals surface area contributed by atoms with E-state index in [9.17, 15) is 64.3 Å². The first-order valence-electron chi connectivity index (χ1n) is 24.1. The minimum atomic E-state index is -5.89. The molecule has 77 heavy (non-hydrogen) atoms. The van der Waals surface area contributed by atoms with E-state index in [1.807, 2.05) is 12.1 Å². The third-order valence-electron chi connectivity index (χ3n) is 8.97. The molecule has 1 rings (SSSR count). The van der Waals surface area contributed by atoms with Crippen molar-refractivity contribution in [3.8, 4) is 5.75 Å². The van der Waals surface area contributed by atoms with E-state index in [2.05, 4.69) is 111 Å². The molecule has 440 valence electrons. The molecular formula is C56H83F7O14. The lowest BCUT2D eigenvalue weighted by molar-refractivity contribution is -0.313. The minimum absolute atomic E-state index is 0.0100. The van der Waals surface area contributed by atoms with Crippen LogP contribution in [-0.4, -0.2) is 90.8 Å². The summed E-state index contributed by atoms with van der Waals surface area (Å²) >= 11 is 0. The van der Waals surface area contributed by atoms with Crippen LogP contribution >= 0.6 is 0 Å². The number of halogens is 7. The fourth-order valence-corrected chi connectivity index (χ4v) is 4.70. The first-order valence-corrected chi connectivity index (χ1v) is 24.1. The maximum atomic E-state index is 12.0. The van der Waals surface area contributed by atoms with Crippen LogP contribution in [0.1, 0.15) is 142 Å². The SMILES string of the molecule is C=C(C)C(=O)O.C=C(C)C(=O)OC(C(C)C)C(C)C.C=C(C)C(=O)OC(C)C.C=C(C)C(=O)OCC(CC)CCCC.C=C(C)C(=O)Oc1ccc(C(C)(C)C)cc1.C=C(F)C(=O)OCC(=O)OC(C(F)(F)F)C(F)(F)F. The Morgan fingerprint density at radius 1 is 0.584 bits per heavy atom. The van der Waals surface area contributed by atoms with E-state index in [1.54, 1.807) is 53.7 Å². The molecule has 1 unspecified atom stereocenters. The summed E-state index contributed by atoms with van der Waals surface area (Å²) in [6, 6.07) is 7.56. The third kappa shape index (κ3) is 43.3. The Bertz CT molecular complexity index is 2060. The van der Waals surface area contributed by atoms with Gasteiger partial charge in [0.25, 0.3) is 6.10 Å². The Hall–Kier alpha value is -6.54. The predicted octanol–water partition coefficient (Wildman–Crippen LogP) is 13.8. The summed E-state index contributed by atoms with van der Waals surface area (Å²) < 4.78 is 111. The van der Waals surface area contributed by atoms with Gasteiger partial charge in [-0.25, -0.2) is 33.6 Å². The molecule has 0 aromatic heterocycles. The van der Waals surface area contributed by atoms with Gasteiger partial charge in [-0.15, -0.1) is 0 Å². The standard InChI is InChI=1S/C14H18O2.C12H22O2.C11H20O2.C8H5F7O4.C7H12O2.C4H6O2/c1-10(2)13(15)16-12-8-6-11(7-9-12)14(3,4)5;1-5-7-8-11(6-2)9-14-12(13)10(3)4;1-7(2)10(8(3)4)13-11(12)9(5)6;1-3(9)5(17)18-2-4(16)19-6(7(10,11)12)8(13,14)15;1-5(2)7(8)9-6(3)4;1-3(2)4(5)6/h6-9H,1H2,2-5H3;11H,3,5-9H2,1-2,4H3;7-8,10H,5H2,1-4,6H3;6H,1-2H2;6H,1H2,2-4H3;1H2,2H3,(H,5,6). The number of alkyl halides is 6. The molecule has 0 fully saturated rings. The van der Waals surface area contributed by atoms with Crippen molar-refractivity contribution in [3.63, 3.8) is 0 Å². The van der Waals surface area contributed by atoms with Gasteiger partial charge in [-0.2, -0.15) is 30.7 Å². The van der Waals surface area contributed by atoms with Gasteiger partial charge >= 0.3 is 54.1 Å². The van der Waals surface area contributed by atoms with Crippen molar-refractivity contribution < 1.29 is 97.8 Å². The number of aliphatic carboxylic acids is 1. The first kappa shape index (κ1) is 79.3. The van der Waals surface area contributed by atoms with Crippen molar-refractivity contribution in [2.24, 2.45) is 17.8 Å². The van der Waals surface area contributed by atoms with Gasteiger partial charge in [0, 0.05) is 27.9 Å². The Kier molecular flexibility index (Phi) is 41.0. The number of hydrogen-bond acceptors (Lipinski definition) is 13. The minimum Gasteiger partial charge on any atom is -0.478 e. The van der Waals surface area contributed by atoms with Gasteiger partial charge in [0.2, 0.25) is 5.83 Å². The summed E-state index contributed by atoms with van der Waals surface area (Å²) in [5.74, 6) is -6.06. The molecule has 0 bridgehead atoms. The highest BCUT2D eigenvalue weighted by molar-refractivity contribution is 5.89. The van der Waals surface area contributed by atoms with Gasteiger partial charge in [0.05, 0.1) is 12.7 Å². The lowest BCUT2D eigenvalue weighted by atomic mass is 9.87. The molecule has 1 aromatic carbocycles. The average molecular weight is 1110 g/mol. The van der Waals surface area contributed by atoms with Gasteiger partial charge < -0.3 is 33.5 Å². The lowest BCUT2D eigenvalue weighted by Crippen LogP contribution is -2.46. The fourth-order valence-electron chi connectivity index (χ4n) is 4.70. The van der Waals surface area contributed by atoms with Gasteiger partial charge in [-0.05, 0) is 95.8 Å². The molecule has 0 spiro atoms. The van der Waals surface area contributed by atoms with Crippen LogP contribution in [0, 0.1) is 17.8 Å². The van der Waals surface area contributed by atoms with Gasteiger partial charge in [0.15, 0.2) is 6.61 Å². The molecule has 21 heteroatoms. The topological polar surface area (TPSA) is 195 Å². The summed E-state index contributed by atoms with van der Waals surface area (Å²) in [5, 5.41) is 7.89. The number of esters is 6. The maximum Gasteiger partial charge on any atom is 0.434 e. The number of benzene rings is 1. The smallest absolute Gasteiger partial charge is 0.434 e. The zero-order valence-electron chi connectivity index (χ0n) is 47.7. The lowest BCUT2D eigenvalue weighted by Gasteiger charge is -2.24. The van der Waals surface area contributed by atoms with Crippen molar-refractivity contribution in [1.82, 2.24) is 0 Å². The second kappa shape index (κ2) is 39.8. The first-order chi connectivity index (χ1) is 34.8. The zero-order valence-corrected chi connectivity index (χ0v) is 47.7. The Morgan fingerprint density at radius 2 is 0.987 bits per heavy atom. The molecule has 0 saturated heterocycles. The monoisotopic (exact) mass is 1110 g/mol. The van der Waals surface area contributed by atoms with Crippen LogP contribution in [0.25, 0.3) is 0 Å². The van der Waals surface area contributed by atoms with Gasteiger partial charge in [0.1, 0.15) is 11.9 Å². The fraction of sp³-hybridized carbons (Fsp3) is 0.554. The highest BCUT2D eigenvalue weighted by Crippen LogP contribution is 2.35. The summed E-state index contributed by atoms with van der Waals surface area (Å²) in [5.41, 5.74) is 3.29. The van der Waals surface area contributed by atoms with E-state index >= 15 is 0 Å². The molecule has 1 N–H and O–H groups in total. The van der Waals surface area contributed by atoms with E-state index < -0.39 is 48.8 Å². The summed E-state index contributed by atoms with van der Waals surface area (Å²) in [6.07, 6.45) is -11.6. The van der Waals surface area contributed by atoms with Gasteiger partial charge in [-0.3, -0.25) is 0 Å². The van der Waals surface area contributed by atoms with Crippen LogP contribution < -0.4 is 4.74 Å². The third-order valence-corrected chi connectivity index (χ3v) is 8.97. The number of rotatable bonds is 20. The van der Waals surface area contributed by atoms with Crippen molar-refractivity contribution in [2.45, 2.75) is 173 Å². The highest BCUT2D eigenvalue weighted by atomic mass is 19.4. The molecule has 0 heterocycles. The number of carboxylic acids is 1. The molecule has 0 radical (unpaired) electrons. The maximum absolute atomic E-state index is 12.0. The van der Waals surface area contributed by atoms with Gasteiger partial charge in [-0.1, -0.05) is 133 Å². The van der Waals surface area contributed by atoms with Crippen LogP contribution in [0.3, 0.4) is 0 Å². The molecule has 1 atom stereocenters. The van der Waals surface area contributed by atoms with Crippen LogP contribution in [0.5, 0.6) is 5.75 Å². The largest absolute Gasteiger partial charge is 0.478 e. The predicted molar refractivity (Wildman–Crippen MR) is 281 cm³/mol. The number of carboxylic acid groups (broad SMARTS) is 1. The Morgan fingerprint density at radius 3 is 1.27 bits per heavy atom. The zero-order chi connectivity index (χ0) is 61.9. The van der Waals surface area contributed by atoms with Crippen molar-refractivity contribution in [3.05, 3.63) is 103 Å². The van der Waals surface area contributed by atoms with Crippen molar-refractivity contribution in [1.29, 1.82) is 0 Å². The Labute approximate surface area is 450 Å². The number of ether oxygens (including phenoxy) is 6. The molecule has 0 aliphatic rings. The number of hydrogen-bond donors (Lipinski definition) is 1. The summed E-state index contributed by atoms with van der Waals surface area (Å²) in [7, 11) is 0. The molecule has 0 aliphatic carbocycles. The normalized spacial score (nSPS) is 11.1. The second-order valence-electron chi connectivity index (χ2n) is 19.1. The van der Waals surface area contributed by atoms with Crippen molar-refractivity contribution in [2.75, 3.05) is 13.2 Å². The molecule has 0 amide bonds. The Balaban J connectivity index is -0.000000277. The summed E-state index contributed by atoms with van der Waals surface area (Å²) in [6.45, 7) is 49.2. The second-order valence-corrected chi connectivity index (χ2v) is 19.1. The molecule has 0 aliphatic heterocycles. The van der Waals surface area contributed by atoms with Crippen LogP contribution in [0.2, 0.25) is 0 Å². The number of carbonyl (C=O) groups excluding carboxylic acids is 6. The summed E-state index contributed by atoms with van der Waals surface area (Å²) in [4.78, 5) is 74.9. The van der Waals surface area contributed by atoms with Crippen molar-refractivity contribution >= 4 is 41.8 Å². The quantitative estimate of drug-likeness (QED) is 0.0426. The van der Waals surface area contributed by atoms with E-state index in [4.69, 9.17) is 24.1 Å². The van der Waals surface area contributed by atoms with Crippen LogP contribution in [0.15, 0.2) is 97.4 Å². The van der Waals surface area contributed by atoms with Crippen LogP contribution in [0.4, 0.5) is 30.7 Å². The molecule has 14 nitrogen and oxygen atoms in total. The number of carbonyl (C=O) groups is 7. The van der Waals surface area contributed by atoms with Crippen LogP contribution in [-0.2, 0) is 62.7 Å².